The molecule has 0 atom stereocenters. The van der Waals surface area contributed by atoms with Gasteiger partial charge in [0.2, 0.25) is 0 Å². The highest BCUT2D eigenvalue weighted by Gasteiger charge is 2.38. The molecule has 2 rings (SSSR count). The van der Waals surface area contributed by atoms with Crippen LogP contribution in [0.25, 0.3) is 0 Å². The van der Waals surface area contributed by atoms with E-state index in [4.69, 9.17) is 0 Å². The first kappa shape index (κ1) is 10.4. The zero-order valence-corrected chi connectivity index (χ0v) is 9.21. The monoisotopic (exact) mass is 198 g/mol. The third-order valence-electron chi connectivity index (χ3n) is 3.90. The molecule has 82 valence electrons. The van der Waals surface area contributed by atoms with E-state index < -0.39 is 0 Å². The maximum atomic E-state index is 9.38. The van der Waals surface area contributed by atoms with Gasteiger partial charge in [-0.3, -0.25) is 0 Å². The lowest BCUT2D eigenvalue weighted by atomic mass is 9.69. The van der Waals surface area contributed by atoms with Gasteiger partial charge in [0.1, 0.15) is 0 Å². The first-order chi connectivity index (χ1) is 6.74. The summed E-state index contributed by atoms with van der Waals surface area (Å²) in [5.41, 5.74) is 0.274. The molecule has 1 N–H and O–H groups in total. The fraction of sp³-hybridized carbons (Fsp3) is 1.00. The number of hydrogen-bond donors (Lipinski definition) is 1. The van der Waals surface area contributed by atoms with Crippen LogP contribution >= 0.6 is 0 Å². The zero-order chi connectivity index (χ0) is 10.0. The summed E-state index contributed by atoms with van der Waals surface area (Å²) < 4.78 is 0. The first-order valence-electron chi connectivity index (χ1n) is 5.76. The van der Waals surface area contributed by atoms with E-state index in [2.05, 4.69) is 16.8 Å². The smallest absolute Gasteiger partial charge is 0.0499 e. The molecule has 0 unspecified atom stereocenters. The second-order valence-corrected chi connectivity index (χ2v) is 5.09. The Labute approximate surface area is 86.7 Å². The van der Waals surface area contributed by atoms with E-state index in [1.165, 1.54) is 45.4 Å². The van der Waals surface area contributed by atoms with Crippen LogP contribution in [-0.4, -0.2) is 61.3 Å². The Kier molecular flexibility index (Phi) is 3.10. The van der Waals surface area contributed by atoms with Crippen LogP contribution in [-0.2, 0) is 0 Å². The second-order valence-electron chi connectivity index (χ2n) is 5.09. The molecular weight excluding hydrogens is 176 g/mol. The quantitative estimate of drug-likeness (QED) is 0.711. The Hall–Kier alpha value is -0.120. The van der Waals surface area contributed by atoms with Crippen molar-refractivity contribution in [2.24, 2.45) is 5.41 Å². The molecule has 1 heterocycles. The maximum Gasteiger partial charge on any atom is 0.0499 e. The third-order valence-corrected chi connectivity index (χ3v) is 3.90. The van der Waals surface area contributed by atoms with E-state index in [0.717, 1.165) is 6.54 Å². The van der Waals surface area contributed by atoms with E-state index in [1.54, 1.807) is 0 Å². The summed E-state index contributed by atoms with van der Waals surface area (Å²) in [5.74, 6) is 0. The summed E-state index contributed by atoms with van der Waals surface area (Å²) in [4.78, 5) is 4.90. The Morgan fingerprint density at radius 3 is 2.21 bits per heavy atom. The Morgan fingerprint density at radius 1 is 1.14 bits per heavy atom. The Balaban J connectivity index is 1.79. The van der Waals surface area contributed by atoms with E-state index >= 15 is 0 Å². The summed E-state index contributed by atoms with van der Waals surface area (Å²) in [6.45, 7) is 6.23. The van der Waals surface area contributed by atoms with Crippen molar-refractivity contribution in [3.05, 3.63) is 0 Å². The SMILES string of the molecule is CN1CCN(CC2(CO)CCC2)CC1. The minimum atomic E-state index is 0.274. The highest BCUT2D eigenvalue weighted by molar-refractivity contribution is 4.90. The van der Waals surface area contributed by atoms with Gasteiger partial charge < -0.3 is 14.9 Å². The van der Waals surface area contributed by atoms with Gasteiger partial charge in [-0.15, -0.1) is 0 Å². The van der Waals surface area contributed by atoms with Crippen molar-refractivity contribution in [3.63, 3.8) is 0 Å². The van der Waals surface area contributed by atoms with Gasteiger partial charge in [0.25, 0.3) is 0 Å². The molecule has 0 spiro atoms. The molecule has 1 aliphatic carbocycles. The van der Waals surface area contributed by atoms with Crippen LogP contribution in [0.15, 0.2) is 0 Å². The normalized spacial score (nSPS) is 28.7. The molecular formula is C11H22N2O. The largest absolute Gasteiger partial charge is 0.396 e. The average Bonchev–Trinajstić information content (AvgIpc) is 2.15. The predicted molar refractivity (Wildman–Crippen MR) is 57.3 cm³/mol. The highest BCUT2D eigenvalue weighted by Crippen LogP contribution is 2.41. The number of nitrogens with zero attached hydrogens (tertiary/aromatic N) is 2. The summed E-state index contributed by atoms with van der Waals surface area (Å²) in [6.07, 6.45) is 3.78. The number of likely N-dealkylation sites (N-methyl/N-ethyl adjacent to an activating group) is 1. The van der Waals surface area contributed by atoms with Crippen LogP contribution in [0.1, 0.15) is 19.3 Å². The van der Waals surface area contributed by atoms with Crippen molar-refractivity contribution in [1.29, 1.82) is 0 Å². The topological polar surface area (TPSA) is 26.7 Å². The van der Waals surface area contributed by atoms with E-state index in [1.807, 2.05) is 0 Å². The van der Waals surface area contributed by atoms with Crippen molar-refractivity contribution >= 4 is 0 Å². The summed E-state index contributed by atoms with van der Waals surface area (Å²) in [6, 6.07) is 0. The minimum Gasteiger partial charge on any atom is -0.396 e. The van der Waals surface area contributed by atoms with Crippen LogP contribution < -0.4 is 0 Å². The second kappa shape index (κ2) is 4.17. The van der Waals surface area contributed by atoms with Gasteiger partial charge in [0.05, 0.1) is 0 Å². The number of aliphatic hydroxyl groups is 1. The number of piperazine rings is 1. The molecule has 0 radical (unpaired) electrons. The van der Waals surface area contributed by atoms with Crippen molar-refractivity contribution in [2.45, 2.75) is 19.3 Å². The number of aliphatic hydroxyl groups excluding tert-OH is 1. The van der Waals surface area contributed by atoms with Crippen LogP contribution in [0, 0.1) is 5.41 Å². The maximum absolute atomic E-state index is 9.38. The molecule has 0 aromatic carbocycles. The van der Waals surface area contributed by atoms with E-state index in [-0.39, 0.29) is 5.41 Å². The lowest BCUT2D eigenvalue weighted by Gasteiger charge is -2.45. The fourth-order valence-electron chi connectivity index (χ4n) is 2.52. The summed E-state index contributed by atoms with van der Waals surface area (Å²) >= 11 is 0. The first-order valence-corrected chi connectivity index (χ1v) is 5.76. The van der Waals surface area contributed by atoms with Gasteiger partial charge in [-0.25, -0.2) is 0 Å². The third kappa shape index (κ3) is 2.10. The van der Waals surface area contributed by atoms with Crippen LogP contribution in [0.5, 0.6) is 0 Å². The van der Waals surface area contributed by atoms with Crippen molar-refractivity contribution < 1.29 is 5.11 Å². The van der Waals surface area contributed by atoms with Gasteiger partial charge in [-0.05, 0) is 19.9 Å². The number of rotatable bonds is 3. The van der Waals surface area contributed by atoms with Gasteiger partial charge >= 0.3 is 0 Å². The van der Waals surface area contributed by atoms with Crippen molar-refractivity contribution in [2.75, 3.05) is 46.4 Å². The van der Waals surface area contributed by atoms with E-state index in [0.29, 0.717) is 6.61 Å². The molecule has 0 bridgehead atoms. The van der Waals surface area contributed by atoms with Gasteiger partial charge in [-0.1, -0.05) is 6.42 Å². The molecule has 2 fully saturated rings. The molecule has 3 nitrogen and oxygen atoms in total. The summed E-state index contributed by atoms with van der Waals surface area (Å²) in [7, 11) is 2.18. The lowest BCUT2D eigenvalue weighted by Crippen LogP contribution is -2.51. The van der Waals surface area contributed by atoms with Crippen LogP contribution in [0.2, 0.25) is 0 Å². The molecule has 1 saturated heterocycles. The molecule has 14 heavy (non-hydrogen) atoms. The highest BCUT2D eigenvalue weighted by atomic mass is 16.3. The standard InChI is InChI=1S/C11H22N2O/c1-12-5-7-13(8-6-12)9-11(10-14)3-2-4-11/h14H,2-10H2,1H3. The fourth-order valence-corrected chi connectivity index (χ4v) is 2.52. The Morgan fingerprint density at radius 2 is 1.79 bits per heavy atom. The molecule has 3 heteroatoms. The van der Waals surface area contributed by atoms with Gasteiger partial charge in [0.15, 0.2) is 0 Å². The summed E-state index contributed by atoms with van der Waals surface area (Å²) in [5, 5.41) is 9.38. The Bertz CT molecular complexity index is 178. The molecule has 0 aromatic heterocycles. The van der Waals surface area contributed by atoms with Crippen LogP contribution in [0.4, 0.5) is 0 Å². The average molecular weight is 198 g/mol. The molecule has 1 aliphatic heterocycles. The molecule has 1 saturated carbocycles. The van der Waals surface area contributed by atoms with E-state index in [9.17, 15) is 5.11 Å². The molecule has 2 aliphatic rings. The van der Waals surface area contributed by atoms with Gasteiger partial charge in [-0.2, -0.15) is 0 Å². The van der Waals surface area contributed by atoms with Crippen molar-refractivity contribution in [3.8, 4) is 0 Å². The lowest BCUT2D eigenvalue weighted by molar-refractivity contribution is -0.00350. The predicted octanol–water partition coefficient (Wildman–Crippen LogP) is 0.396. The van der Waals surface area contributed by atoms with Gasteiger partial charge in [0, 0.05) is 44.7 Å². The molecule has 0 amide bonds. The van der Waals surface area contributed by atoms with Crippen molar-refractivity contribution in [1.82, 2.24) is 9.80 Å². The van der Waals surface area contributed by atoms with Crippen LogP contribution in [0.3, 0.4) is 0 Å². The molecule has 0 aromatic rings. The number of hydrogen-bond acceptors (Lipinski definition) is 3. The zero-order valence-electron chi connectivity index (χ0n) is 9.21. The minimum absolute atomic E-state index is 0.274.